The summed E-state index contributed by atoms with van der Waals surface area (Å²) in [4.78, 5) is 25.5. The van der Waals surface area contributed by atoms with Crippen LogP contribution in [0.4, 0.5) is 0 Å². The fourth-order valence-electron chi connectivity index (χ4n) is 3.22. The zero-order valence-corrected chi connectivity index (χ0v) is 15.3. The van der Waals surface area contributed by atoms with Gasteiger partial charge in [-0.25, -0.2) is 4.79 Å². The monoisotopic (exact) mass is 369 g/mol. The van der Waals surface area contributed by atoms with Crippen molar-refractivity contribution < 1.29 is 24.2 Å². The van der Waals surface area contributed by atoms with Gasteiger partial charge in [0, 0.05) is 18.7 Å². The predicted molar refractivity (Wildman–Crippen MR) is 100 cm³/mol. The topological polar surface area (TPSA) is 76.1 Å². The number of carboxylic acid groups (broad SMARTS) is 1. The molecule has 0 saturated carbocycles. The van der Waals surface area contributed by atoms with Gasteiger partial charge in [-0.15, -0.1) is 0 Å². The van der Waals surface area contributed by atoms with Crippen LogP contribution >= 0.6 is 0 Å². The highest BCUT2D eigenvalue weighted by atomic mass is 16.5. The van der Waals surface area contributed by atoms with Gasteiger partial charge < -0.3 is 19.5 Å². The first kappa shape index (κ1) is 18.8. The number of carbonyl (C=O) groups is 2. The van der Waals surface area contributed by atoms with Crippen molar-refractivity contribution in [2.75, 3.05) is 26.3 Å². The maximum absolute atomic E-state index is 13.0. The first-order valence-electron chi connectivity index (χ1n) is 9.06. The molecule has 1 heterocycles. The van der Waals surface area contributed by atoms with E-state index >= 15 is 0 Å². The number of fused-ring (bicyclic) bond motifs is 1. The fraction of sp³-hybridized carbons (Fsp3) is 0.333. The maximum atomic E-state index is 13.0. The van der Waals surface area contributed by atoms with E-state index in [1.165, 1.54) is 11.1 Å². The summed E-state index contributed by atoms with van der Waals surface area (Å²) < 4.78 is 10.8. The molecule has 0 atom stereocenters. The number of amides is 1. The van der Waals surface area contributed by atoms with Gasteiger partial charge in [-0.2, -0.15) is 0 Å². The minimum Gasteiger partial charge on any atom is -0.490 e. The molecule has 0 spiro atoms. The van der Waals surface area contributed by atoms with E-state index in [1.807, 2.05) is 24.0 Å². The third-order valence-electron chi connectivity index (χ3n) is 4.55. The number of hydrogen-bond donors (Lipinski definition) is 1. The van der Waals surface area contributed by atoms with Gasteiger partial charge in [0.15, 0.2) is 18.1 Å². The van der Waals surface area contributed by atoms with Crippen LogP contribution in [0.5, 0.6) is 11.5 Å². The van der Waals surface area contributed by atoms with E-state index in [9.17, 15) is 9.59 Å². The Hall–Kier alpha value is -3.02. The van der Waals surface area contributed by atoms with E-state index in [4.69, 9.17) is 14.6 Å². The number of carbonyl (C=O) groups excluding carboxylic acids is 1. The molecule has 0 unspecified atom stereocenters. The number of benzene rings is 2. The van der Waals surface area contributed by atoms with Gasteiger partial charge in [0.1, 0.15) is 0 Å². The Morgan fingerprint density at radius 2 is 1.67 bits per heavy atom. The summed E-state index contributed by atoms with van der Waals surface area (Å²) in [5, 5.41) is 8.78. The fourth-order valence-corrected chi connectivity index (χ4v) is 3.22. The lowest BCUT2D eigenvalue weighted by Gasteiger charge is -2.21. The number of ether oxygens (including phenoxy) is 2. The van der Waals surface area contributed by atoms with Crippen LogP contribution in [-0.2, 0) is 17.6 Å². The smallest absolute Gasteiger partial charge is 0.341 e. The van der Waals surface area contributed by atoms with Gasteiger partial charge in [-0.05, 0) is 49.1 Å². The van der Waals surface area contributed by atoms with Gasteiger partial charge in [-0.3, -0.25) is 4.79 Å². The molecule has 0 aromatic heterocycles. The molecule has 0 radical (unpaired) electrons. The number of carboxylic acids is 1. The van der Waals surface area contributed by atoms with Crippen LogP contribution in [0.2, 0.25) is 0 Å². The Bertz CT molecular complexity index is 806. The number of aliphatic carboxylic acids is 1. The molecule has 2 aromatic carbocycles. The molecule has 0 aliphatic carbocycles. The van der Waals surface area contributed by atoms with Crippen molar-refractivity contribution in [3.05, 3.63) is 59.2 Å². The zero-order valence-electron chi connectivity index (χ0n) is 15.3. The van der Waals surface area contributed by atoms with E-state index in [0.29, 0.717) is 36.8 Å². The van der Waals surface area contributed by atoms with E-state index in [1.54, 1.807) is 18.2 Å². The van der Waals surface area contributed by atoms with Crippen LogP contribution in [0.25, 0.3) is 0 Å². The molecule has 2 aromatic rings. The van der Waals surface area contributed by atoms with E-state index in [-0.39, 0.29) is 5.91 Å². The molecule has 3 rings (SSSR count). The summed E-state index contributed by atoms with van der Waals surface area (Å²) in [5.41, 5.74) is 3.09. The lowest BCUT2D eigenvalue weighted by Crippen LogP contribution is -2.33. The van der Waals surface area contributed by atoms with Crippen molar-refractivity contribution in [2.24, 2.45) is 0 Å². The molecule has 1 aliphatic rings. The predicted octanol–water partition coefficient (Wildman–Crippen LogP) is 2.79. The molecule has 27 heavy (non-hydrogen) atoms. The zero-order chi connectivity index (χ0) is 19.2. The van der Waals surface area contributed by atoms with Crippen LogP contribution in [0.1, 0.15) is 28.4 Å². The highest BCUT2D eigenvalue weighted by Crippen LogP contribution is 2.29. The van der Waals surface area contributed by atoms with Crippen LogP contribution in [0, 0.1) is 0 Å². The third kappa shape index (κ3) is 4.58. The first-order chi connectivity index (χ1) is 13.1. The molecule has 1 N–H and O–H groups in total. The second-order valence-electron chi connectivity index (χ2n) is 6.34. The van der Waals surface area contributed by atoms with E-state index < -0.39 is 12.6 Å². The average molecular weight is 369 g/mol. The molecule has 6 heteroatoms. The van der Waals surface area contributed by atoms with Crippen LogP contribution < -0.4 is 9.47 Å². The van der Waals surface area contributed by atoms with Gasteiger partial charge >= 0.3 is 5.97 Å². The Balaban J connectivity index is 1.76. The molecule has 1 amide bonds. The lowest BCUT2D eigenvalue weighted by atomic mass is 10.0. The summed E-state index contributed by atoms with van der Waals surface area (Å²) in [6.45, 7) is 3.08. The summed E-state index contributed by atoms with van der Waals surface area (Å²) in [6.07, 6.45) is 1.67. The molecule has 142 valence electrons. The van der Waals surface area contributed by atoms with Crippen molar-refractivity contribution in [2.45, 2.75) is 19.8 Å². The summed E-state index contributed by atoms with van der Waals surface area (Å²) in [5.74, 6) is -0.433. The third-order valence-corrected chi connectivity index (χ3v) is 4.55. The Morgan fingerprint density at radius 3 is 2.26 bits per heavy atom. The van der Waals surface area contributed by atoms with Crippen molar-refractivity contribution in [3.63, 3.8) is 0 Å². The number of hydrogen-bond acceptors (Lipinski definition) is 4. The maximum Gasteiger partial charge on any atom is 0.341 e. The van der Waals surface area contributed by atoms with Crippen molar-refractivity contribution >= 4 is 11.9 Å². The molecule has 0 bridgehead atoms. The minimum absolute atomic E-state index is 0.0615. The summed E-state index contributed by atoms with van der Waals surface area (Å²) in [6, 6.07) is 13.2. The molecule has 0 saturated heterocycles. The van der Waals surface area contributed by atoms with Crippen LogP contribution in [0.15, 0.2) is 42.5 Å². The quantitative estimate of drug-likeness (QED) is 0.847. The van der Waals surface area contributed by atoms with E-state index in [0.717, 1.165) is 12.8 Å². The standard InChI is InChI=1S/C21H23NO5/c1-2-26-19-13-17(7-8-18(19)27-14-20(23)24)21(25)22-11-9-15-5-3-4-6-16(15)10-12-22/h3-8,13H,2,9-12,14H2,1H3,(H,23,24). The largest absolute Gasteiger partial charge is 0.490 e. The van der Waals surface area contributed by atoms with E-state index in [2.05, 4.69) is 12.1 Å². The molecular formula is C21H23NO5. The molecule has 1 aliphatic heterocycles. The molecular weight excluding hydrogens is 346 g/mol. The Labute approximate surface area is 158 Å². The second-order valence-corrected chi connectivity index (χ2v) is 6.34. The number of rotatable bonds is 6. The SMILES string of the molecule is CCOc1cc(C(=O)N2CCc3ccccc3CC2)ccc1OCC(=O)O. The Morgan fingerprint density at radius 1 is 1.00 bits per heavy atom. The average Bonchev–Trinajstić information content (AvgIpc) is 2.89. The highest BCUT2D eigenvalue weighted by Gasteiger charge is 2.21. The highest BCUT2D eigenvalue weighted by molar-refractivity contribution is 5.95. The van der Waals surface area contributed by atoms with Gasteiger partial charge in [0.05, 0.1) is 6.61 Å². The summed E-state index contributed by atoms with van der Waals surface area (Å²) in [7, 11) is 0. The second kappa shape index (κ2) is 8.58. The van der Waals surface area contributed by atoms with Crippen molar-refractivity contribution in [3.8, 4) is 11.5 Å². The molecule has 6 nitrogen and oxygen atoms in total. The minimum atomic E-state index is -1.07. The van der Waals surface area contributed by atoms with Gasteiger partial charge in [-0.1, -0.05) is 24.3 Å². The van der Waals surface area contributed by atoms with Crippen LogP contribution in [-0.4, -0.2) is 48.2 Å². The van der Waals surface area contributed by atoms with Gasteiger partial charge in [0.25, 0.3) is 5.91 Å². The normalized spacial score (nSPS) is 13.4. The molecule has 0 fully saturated rings. The first-order valence-corrected chi connectivity index (χ1v) is 9.06. The Kier molecular flexibility index (Phi) is 5.96. The van der Waals surface area contributed by atoms with Crippen molar-refractivity contribution in [1.82, 2.24) is 4.90 Å². The van der Waals surface area contributed by atoms with Crippen LogP contribution in [0.3, 0.4) is 0 Å². The number of nitrogens with zero attached hydrogens (tertiary/aromatic N) is 1. The van der Waals surface area contributed by atoms with Crippen molar-refractivity contribution in [1.29, 1.82) is 0 Å². The van der Waals surface area contributed by atoms with Gasteiger partial charge in [0.2, 0.25) is 0 Å². The lowest BCUT2D eigenvalue weighted by molar-refractivity contribution is -0.139. The summed E-state index contributed by atoms with van der Waals surface area (Å²) >= 11 is 0.